The SMILES string of the molecule is Cc1oc2nc1C(=O)N[C@H](C)C(=O)NCCCC[C@H](NC(=O)Cc1csc(-c3ccccc3)n1)C(=O)N[C@H]2C(C)C. The maximum atomic E-state index is 13.5. The monoisotopic (exact) mass is 580 g/mol. The van der Waals surface area contributed by atoms with E-state index in [1.165, 1.54) is 11.3 Å². The smallest absolute Gasteiger partial charge is 0.274 e. The minimum Gasteiger partial charge on any atom is -0.443 e. The molecule has 4 N–H and O–H groups in total. The van der Waals surface area contributed by atoms with Crippen molar-refractivity contribution in [3.05, 3.63) is 58.8 Å². The molecule has 0 fully saturated rings. The van der Waals surface area contributed by atoms with Crippen LogP contribution in [0.25, 0.3) is 10.6 Å². The minimum absolute atomic E-state index is 0.0338. The van der Waals surface area contributed by atoms with Gasteiger partial charge in [0.05, 0.1) is 12.1 Å². The molecule has 0 saturated heterocycles. The fraction of sp³-hybridized carbons (Fsp3) is 0.448. The zero-order chi connectivity index (χ0) is 29.5. The molecule has 4 rings (SSSR count). The summed E-state index contributed by atoms with van der Waals surface area (Å²) in [6, 6.07) is 7.50. The summed E-state index contributed by atoms with van der Waals surface area (Å²) in [5.41, 5.74) is 1.65. The van der Waals surface area contributed by atoms with Crippen LogP contribution in [0.3, 0.4) is 0 Å². The van der Waals surface area contributed by atoms with Gasteiger partial charge in [-0.1, -0.05) is 44.2 Å². The Morgan fingerprint density at radius 3 is 2.59 bits per heavy atom. The number of carbonyl (C=O) groups excluding carboxylic acids is 4. The standard InChI is InChI=1S/C29H36N6O5S/c1-16(2)23-28-35-24(18(4)40-28)27(39)31-17(3)25(37)30-13-9-8-12-21(26(38)34-23)33-22(36)14-20-15-41-29(32-20)19-10-6-5-7-11-19/h5-7,10-11,15-17,21,23H,8-9,12-14H2,1-4H3,(H,30,37)(H,31,39)(H,33,36)(H,34,38)/t17-,21+,23+/m1/s1. The number of benzene rings is 1. The lowest BCUT2D eigenvalue weighted by atomic mass is 10.0. The Morgan fingerprint density at radius 2 is 1.85 bits per heavy atom. The molecule has 1 aliphatic rings. The molecule has 41 heavy (non-hydrogen) atoms. The van der Waals surface area contributed by atoms with E-state index in [2.05, 4.69) is 31.2 Å². The lowest BCUT2D eigenvalue weighted by Gasteiger charge is -2.24. The molecular weight excluding hydrogens is 544 g/mol. The highest BCUT2D eigenvalue weighted by Crippen LogP contribution is 2.25. The first-order chi connectivity index (χ1) is 19.6. The molecule has 0 radical (unpaired) electrons. The van der Waals surface area contributed by atoms with Crippen molar-refractivity contribution in [2.75, 3.05) is 6.54 Å². The second kappa shape index (κ2) is 13.5. The number of amides is 4. The van der Waals surface area contributed by atoms with Gasteiger partial charge in [-0.2, -0.15) is 0 Å². The number of oxazole rings is 1. The van der Waals surface area contributed by atoms with E-state index in [-0.39, 0.29) is 47.4 Å². The van der Waals surface area contributed by atoms with Crippen molar-refractivity contribution in [3.8, 4) is 10.6 Å². The van der Waals surface area contributed by atoms with Crippen LogP contribution in [0.5, 0.6) is 0 Å². The third kappa shape index (κ3) is 7.78. The number of nitrogens with zero attached hydrogens (tertiary/aromatic N) is 2. The first-order valence-corrected chi connectivity index (χ1v) is 14.7. The van der Waals surface area contributed by atoms with Gasteiger partial charge < -0.3 is 25.7 Å². The molecule has 12 heteroatoms. The quantitative estimate of drug-likeness (QED) is 0.361. The van der Waals surface area contributed by atoms with Crippen molar-refractivity contribution in [3.63, 3.8) is 0 Å². The topological polar surface area (TPSA) is 155 Å². The Hall–Kier alpha value is -4.06. The van der Waals surface area contributed by atoms with Crippen LogP contribution in [-0.4, -0.2) is 52.2 Å². The van der Waals surface area contributed by atoms with Crippen LogP contribution in [0.4, 0.5) is 0 Å². The van der Waals surface area contributed by atoms with Gasteiger partial charge in [0.15, 0.2) is 5.69 Å². The zero-order valence-corrected chi connectivity index (χ0v) is 24.5. The molecule has 3 heterocycles. The van der Waals surface area contributed by atoms with E-state index in [4.69, 9.17) is 4.42 Å². The number of fused-ring (bicyclic) bond motifs is 2. The third-order valence-corrected chi connectivity index (χ3v) is 7.72. The summed E-state index contributed by atoms with van der Waals surface area (Å²) in [5.74, 6) is -1.24. The molecule has 0 aliphatic carbocycles. The van der Waals surface area contributed by atoms with Crippen LogP contribution in [0.2, 0.25) is 0 Å². The molecule has 3 aromatic rings. The fourth-order valence-corrected chi connectivity index (χ4v) is 5.30. The summed E-state index contributed by atoms with van der Waals surface area (Å²) in [4.78, 5) is 60.8. The van der Waals surface area contributed by atoms with E-state index in [9.17, 15) is 19.2 Å². The number of rotatable bonds is 5. The van der Waals surface area contributed by atoms with E-state index >= 15 is 0 Å². The van der Waals surface area contributed by atoms with Crippen LogP contribution in [0.1, 0.15) is 73.9 Å². The van der Waals surface area contributed by atoms with Crippen molar-refractivity contribution in [1.82, 2.24) is 31.2 Å². The summed E-state index contributed by atoms with van der Waals surface area (Å²) in [6.45, 7) is 7.36. The Kier molecular flexibility index (Phi) is 9.87. The molecule has 0 saturated carbocycles. The lowest BCUT2D eigenvalue weighted by Crippen LogP contribution is -2.49. The van der Waals surface area contributed by atoms with Gasteiger partial charge in [0, 0.05) is 17.5 Å². The van der Waals surface area contributed by atoms with Gasteiger partial charge >= 0.3 is 0 Å². The number of aryl methyl sites for hydroxylation is 1. The van der Waals surface area contributed by atoms with Gasteiger partial charge in [-0.15, -0.1) is 11.3 Å². The van der Waals surface area contributed by atoms with Crippen LogP contribution in [0.15, 0.2) is 40.1 Å². The van der Waals surface area contributed by atoms with Gasteiger partial charge in [0.25, 0.3) is 5.91 Å². The Labute approximate surface area is 242 Å². The molecule has 0 unspecified atom stereocenters. The number of aromatic nitrogens is 2. The molecule has 2 bridgehead atoms. The number of thiazole rings is 1. The second-order valence-corrected chi connectivity index (χ2v) is 11.3. The van der Waals surface area contributed by atoms with E-state index < -0.39 is 24.0 Å². The normalized spacial score (nSPS) is 20.7. The highest BCUT2D eigenvalue weighted by atomic mass is 32.1. The molecule has 3 atom stereocenters. The van der Waals surface area contributed by atoms with E-state index in [0.29, 0.717) is 31.5 Å². The first-order valence-electron chi connectivity index (χ1n) is 13.8. The van der Waals surface area contributed by atoms with Crippen LogP contribution < -0.4 is 21.3 Å². The van der Waals surface area contributed by atoms with Crippen molar-refractivity contribution >= 4 is 35.0 Å². The number of hydrogen-bond acceptors (Lipinski definition) is 8. The van der Waals surface area contributed by atoms with E-state index in [1.807, 2.05) is 49.6 Å². The predicted octanol–water partition coefficient (Wildman–Crippen LogP) is 3.07. The van der Waals surface area contributed by atoms with E-state index in [1.54, 1.807) is 13.8 Å². The highest BCUT2D eigenvalue weighted by molar-refractivity contribution is 7.13. The van der Waals surface area contributed by atoms with Gasteiger partial charge in [-0.05, 0) is 39.0 Å². The molecular formula is C29H36N6O5S. The van der Waals surface area contributed by atoms with Crippen LogP contribution in [0, 0.1) is 12.8 Å². The molecule has 1 aliphatic heterocycles. The van der Waals surface area contributed by atoms with Gasteiger partial charge in [-0.3, -0.25) is 19.2 Å². The maximum Gasteiger partial charge on any atom is 0.274 e. The minimum atomic E-state index is -0.822. The Bertz CT molecular complexity index is 1390. The summed E-state index contributed by atoms with van der Waals surface area (Å²) < 4.78 is 5.80. The van der Waals surface area contributed by atoms with Crippen LogP contribution in [-0.2, 0) is 20.8 Å². The van der Waals surface area contributed by atoms with Gasteiger partial charge in [0.2, 0.25) is 23.6 Å². The third-order valence-electron chi connectivity index (χ3n) is 6.78. The van der Waals surface area contributed by atoms with Crippen molar-refractivity contribution in [2.45, 2.75) is 71.5 Å². The van der Waals surface area contributed by atoms with Gasteiger partial charge in [0.1, 0.15) is 28.9 Å². The molecule has 0 spiro atoms. The molecule has 1 aromatic carbocycles. The Balaban J connectivity index is 1.51. The molecule has 11 nitrogen and oxygen atoms in total. The maximum absolute atomic E-state index is 13.5. The van der Waals surface area contributed by atoms with Crippen molar-refractivity contribution in [1.29, 1.82) is 0 Å². The van der Waals surface area contributed by atoms with Crippen LogP contribution >= 0.6 is 11.3 Å². The summed E-state index contributed by atoms with van der Waals surface area (Å²) in [5, 5.41) is 14.0. The molecule has 218 valence electrons. The highest BCUT2D eigenvalue weighted by Gasteiger charge is 2.31. The number of hydrogen-bond donors (Lipinski definition) is 4. The van der Waals surface area contributed by atoms with Crippen molar-refractivity contribution < 1.29 is 23.6 Å². The average Bonchev–Trinajstić information content (AvgIpc) is 3.56. The summed E-state index contributed by atoms with van der Waals surface area (Å²) >= 11 is 1.46. The molecule has 2 aromatic heterocycles. The predicted molar refractivity (Wildman–Crippen MR) is 154 cm³/mol. The summed E-state index contributed by atoms with van der Waals surface area (Å²) in [7, 11) is 0. The lowest BCUT2D eigenvalue weighted by molar-refractivity contribution is -0.129. The number of nitrogens with one attached hydrogen (secondary N) is 4. The summed E-state index contributed by atoms with van der Waals surface area (Å²) in [6.07, 6.45) is 1.56. The zero-order valence-electron chi connectivity index (χ0n) is 23.7. The second-order valence-electron chi connectivity index (χ2n) is 10.5. The fourth-order valence-electron chi connectivity index (χ4n) is 4.48. The number of carbonyl (C=O) groups is 4. The molecule has 4 amide bonds. The Morgan fingerprint density at radius 1 is 1.10 bits per heavy atom. The van der Waals surface area contributed by atoms with Gasteiger partial charge in [-0.25, -0.2) is 9.97 Å². The van der Waals surface area contributed by atoms with E-state index in [0.717, 1.165) is 10.6 Å². The van der Waals surface area contributed by atoms with Crippen molar-refractivity contribution in [2.24, 2.45) is 5.92 Å². The first kappa shape index (κ1) is 29.9. The largest absolute Gasteiger partial charge is 0.443 e. The average molecular weight is 581 g/mol.